The molecule has 0 fully saturated rings. The lowest BCUT2D eigenvalue weighted by molar-refractivity contribution is 0.266. The maximum Gasteiger partial charge on any atom is 0.397 e. The van der Waals surface area contributed by atoms with Crippen molar-refractivity contribution < 1.29 is 0 Å². The summed E-state index contributed by atoms with van der Waals surface area (Å²) in [4.78, 5) is 0. The van der Waals surface area contributed by atoms with Gasteiger partial charge >= 0.3 is 20.4 Å². The topological polar surface area (TPSA) is 0 Å². The fourth-order valence-electron chi connectivity index (χ4n) is 3.37. The normalized spacial score (nSPS) is 23.8. The van der Waals surface area contributed by atoms with Crippen molar-refractivity contribution in [2.75, 3.05) is 0 Å². The number of hydrogen-bond donors (Lipinski definition) is 0. The van der Waals surface area contributed by atoms with Crippen LogP contribution in [0.2, 0.25) is 7.09 Å². The van der Waals surface area contributed by atoms with E-state index < -0.39 is 0 Å². The lowest BCUT2D eigenvalue weighted by Crippen LogP contribution is -2.38. The first-order valence-electron chi connectivity index (χ1n) is 7.55. The van der Waals surface area contributed by atoms with Crippen LogP contribution in [0.1, 0.15) is 41.0 Å². The highest BCUT2D eigenvalue weighted by atomic mass is 24.5. The minimum absolute atomic E-state index is 0.311. The third-order valence-electron chi connectivity index (χ3n) is 5.58. The third kappa shape index (κ3) is 2.78. The highest BCUT2D eigenvalue weighted by Gasteiger charge is 2.46. The maximum atomic E-state index is 2.52. The van der Waals surface area contributed by atoms with Gasteiger partial charge in [-0.05, 0) is 5.92 Å². The van der Waals surface area contributed by atoms with E-state index in [1.807, 2.05) is 0 Å². The molecule has 100 valence electrons. The van der Waals surface area contributed by atoms with Crippen LogP contribution in [0.3, 0.4) is 0 Å². The molecule has 1 unspecified atom stereocenters. The van der Waals surface area contributed by atoms with Gasteiger partial charge in [-0.1, -0.05) is 98.6 Å². The van der Waals surface area contributed by atoms with Crippen molar-refractivity contribution in [3.63, 3.8) is 0 Å². The second kappa shape index (κ2) is 5.25. The molecule has 0 radical (unpaired) electrons. The Balaban J connectivity index is 2.32. The van der Waals surface area contributed by atoms with Gasteiger partial charge in [-0.25, -0.2) is 0 Å². The molecule has 2 aliphatic rings. The Morgan fingerprint density at radius 1 is 0.947 bits per heavy atom. The lowest BCUT2D eigenvalue weighted by atomic mass is 9.78. The van der Waals surface area contributed by atoms with Gasteiger partial charge in [0.25, 0.3) is 0 Å². The second-order valence-electron chi connectivity index (χ2n) is 7.47. The highest BCUT2D eigenvalue weighted by Crippen LogP contribution is 2.56. The summed E-state index contributed by atoms with van der Waals surface area (Å²) in [7, 11) is 0. The Bertz CT molecular complexity index is 421. The Kier molecular flexibility index (Phi) is 4.18. The highest BCUT2D eigenvalue weighted by molar-refractivity contribution is 6.46. The van der Waals surface area contributed by atoms with E-state index in [-0.39, 0.29) is 20.4 Å². The standard InChI is InChI=1S/C10H9.C8H17.Mg/c1-2-6-9(5-1)10-7-3-4-8-10;1-6-7(2)8(3,4)5;/h1-9H;6H2,1-5H3;. The maximum absolute atomic E-state index is 2.52. The minimum Gasteiger partial charge on any atom is -0.120 e. The Hall–Kier alpha value is -0.274. The molecule has 0 aromatic heterocycles. The largest absolute Gasteiger partial charge is 0.397 e. The average Bonchev–Trinajstić information content (AvgIpc) is 2.98. The molecular formula is C18H26Mg. The van der Waals surface area contributed by atoms with Crippen LogP contribution in [0, 0.1) is 11.3 Å². The molecule has 0 aromatic carbocycles. The van der Waals surface area contributed by atoms with E-state index >= 15 is 0 Å². The first-order valence-corrected chi connectivity index (χ1v) is 8.96. The number of rotatable bonds is 4. The zero-order valence-corrected chi connectivity index (χ0v) is 14.5. The summed E-state index contributed by atoms with van der Waals surface area (Å²) in [5.41, 5.74) is 0.386. The number of hydrogen-bond acceptors (Lipinski definition) is 0. The van der Waals surface area contributed by atoms with Gasteiger partial charge in [-0.15, -0.1) is 3.54 Å². The summed E-state index contributed by atoms with van der Waals surface area (Å²) in [6.07, 6.45) is 19.9. The van der Waals surface area contributed by atoms with Gasteiger partial charge in [0, 0.05) is 0 Å². The van der Waals surface area contributed by atoms with E-state index in [0.717, 1.165) is 0 Å². The Labute approximate surface area is 128 Å². The predicted molar refractivity (Wildman–Crippen MR) is 86.6 cm³/mol. The summed E-state index contributed by atoms with van der Waals surface area (Å²) in [6, 6.07) is 0. The van der Waals surface area contributed by atoms with Crippen molar-refractivity contribution in [1.82, 2.24) is 0 Å². The quantitative estimate of drug-likeness (QED) is 0.602. The van der Waals surface area contributed by atoms with Gasteiger partial charge < -0.3 is 0 Å². The van der Waals surface area contributed by atoms with Crippen molar-refractivity contribution in [2.45, 2.75) is 48.1 Å². The molecule has 0 aliphatic heterocycles. The molecule has 1 heteroatoms. The molecule has 0 saturated heterocycles. The minimum atomic E-state index is -0.311. The van der Waals surface area contributed by atoms with Gasteiger partial charge in [0.05, 0.1) is 0 Å². The van der Waals surface area contributed by atoms with E-state index in [1.165, 1.54) is 6.42 Å². The molecule has 2 rings (SSSR count). The van der Waals surface area contributed by atoms with E-state index in [9.17, 15) is 0 Å². The van der Waals surface area contributed by atoms with Gasteiger partial charge in [0.1, 0.15) is 0 Å². The molecule has 2 aliphatic carbocycles. The molecule has 19 heavy (non-hydrogen) atoms. The SMILES string of the molecule is CC[C](C)([Mg][C]1(C2C=CC=C2)C=CC=C1)C(C)(C)C. The summed E-state index contributed by atoms with van der Waals surface area (Å²) < 4.78 is 0.803. The van der Waals surface area contributed by atoms with Crippen molar-refractivity contribution in [3.8, 4) is 0 Å². The lowest BCUT2D eigenvalue weighted by Gasteiger charge is -2.47. The zero-order valence-electron chi connectivity index (χ0n) is 13.1. The molecule has 0 aromatic rings. The van der Waals surface area contributed by atoms with Crippen LogP contribution in [0.4, 0.5) is 0 Å². The number of allylic oxidation sites excluding steroid dienone is 8. The summed E-state index contributed by atoms with van der Waals surface area (Å²) >= 11 is -0.311. The molecule has 0 spiro atoms. The van der Waals surface area contributed by atoms with Crippen LogP contribution in [-0.2, 0) is 0 Å². The molecule has 0 N–H and O–H groups in total. The molecule has 0 saturated carbocycles. The van der Waals surface area contributed by atoms with Crippen LogP contribution in [-0.4, -0.2) is 20.4 Å². The summed E-state index contributed by atoms with van der Waals surface area (Å²) in [5, 5.41) is 0. The second-order valence-corrected chi connectivity index (χ2v) is 10.6. The molecule has 0 heterocycles. The van der Waals surface area contributed by atoms with Crippen molar-refractivity contribution >= 4 is 20.4 Å². The van der Waals surface area contributed by atoms with Crippen molar-refractivity contribution in [2.24, 2.45) is 11.3 Å². The third-order valence-corrected chi connectivity index (χ3v) is 9.48. The van der Waals surface area contributed by atoms with Crippen molar-refractivity contribution in [1.29, 1.82) is 0 Å². The Morgan fingerprint density at radius 2 is 1.47 bits per heavy atom. The molecule has 1 atom stereocenters. The molecule has 0 nitrogen and oxygen atoms in total. The van der Waals surface area contributed by atoms with Crippen molar-refractivity contribution in [3.05, 3.63) is 48.6 Å². The van der Waals surface area contributed by atoms with E-state index in [4.69, 9.17) is 0 Å². The first-order chi connectivity index (χ1) is 8.83. The fraction of sp³-hybridized carbons (Fsp3) is 0.556. The monoisotopic (exact) mass is 266 g/mol. The summed E-state index contributed by atoms with van der Waals surface area (Å²) in [5.74, 6) is 0.586. The van der Waals surface area contributed by atoms with Crippen LogP contribution in [0.15, 0.2) is 48.6 Å². The van der Waals surface area contributed by atoms with Crippen LogP contribution >= 0.6 is 0 Å². The van der Waals surface area contributed by atoms with Crippen LogP contribution in [0.5, 0.6) is 0 Å². The average molecular weight is 267 g/mol. The van der Waals surface area contributed by atoms with E-state index in [0.29, 0.717) is 18.4 Å². The summed E-state index contributed by atoms with van der Waals surface area (Å²) in [6.45, 7) is 12.1. The van der Waals surface area contributed by atoms with Gasteiger partial charge in [0.15, 0.2) is 0 Å². The molecule has 0 amide bonds. The first kappa shape index (κ1) is 15.1. The van der Waals surface area contributed by atoms with E-state index in [2.05, 4.69) is 83.2 Å². The van der Waals surface area contributed by atoms with Gasteiger partial charge in [-0.3, -0.25) is 0 Å². The zero-order chi connectivity index (χ0) is 14.1. The van der Waals surface area contributed by atoms with Gasteiger partial charge in [0.2, 0.25) is 0 Å². The smallest absolute Gasteiger partial charge is 0.120 e. The van der Waals surface area contributed by atoms with Gasteiger partial charge in [-0.2, -0.15) is 0 Å². The fourth-order valence-corrected chi connectivity index (χ4v) is 6.52. The molecular weight excluding hydrogens is 241 g/mol. The van der Waals surface area contributed by atoms with Crippen LogP contribution in [0.25, 0.3) is 0 Å². The molecule has 0 bridgehead atoms. The van der Waals surface area contributed by atoms with E-state index in [1.54, 1.807) is 0 Å². The predicted octanol–water partition coefficient (Wildman–Crippen LogP) is 5.35. The van der Waals surface area contributed by atoms with Crippen LogP contribution < -0.4 is 0 Å². The Morgan fingerprint density at radius 3 is 1.89 bits per heavy atom.